The highest BCUT2D eigenvalue weighted by Gasteiger charge is 2.30. The summed E-state index contributed by atoms with van der Waals surface area (Å²) in [5.41, 5.74) is 6.52. The molecule has 1 amide bonds. The zero-order valence-corrected chi connectivity index (χ0v) is 14.6. The molecule has 2 aromatic carbocycles. The summed E-state index contributed by atoms with van der Waals surface area (Å²) in [5.74, 6) is 0.454. The summed E-state index contributed by atoms with van der Waals surface area (Å²) in [6.45, 7) is 2.71. The lowest BCUT2D eigenvalue weighted by Crippen LogP contribution is -2.45. The number of amides is 1. The van der Waals surface area contributed by atoms with Crippen molar-refractivity contribution < 1.29 is 14.3 Å². The van der Waals surface area contributed by atoms with E-state index in [1.165, 1.54) is 0 Å². The van der Waals surface area contributed by atoms with E-state index < -0.39 is 5.54 Å². The van der Waals surface area contributed by atoms with Crippen molar-refractivity contribution in [2.75, 3.05) is 25.6 Å². The molecule has 0 radical (unpaired) electrons. The first kappa shape index (κ1) is 20.0. The predicted octanol–water partition coefficient (Wildman–Crippen LogP) is 2.95. The number of hydrogen-bond acceptors (Lipinski definition) is 4. The molecule has 0 heterocycles. The molecule has 0 aliphatic carbocycles. The number of methoxy groups -OCH3 is 1. The Morgan fingerprint density at radius 3 is 2.29 bits per heavy atom. The van der Waals surface area contributed by atoms with Gasteiger partial charge >= 0.3 is 0 Å². The zero-order chi connectivity index (χ0) is 16.7. The van der Waals surface area contributed by atoms with Gasteiger partial charge < -0.3 is 20.5 Å². The van der Waals surface area contributed by atoms with E-state index in [0.29, 0.717) is 18.9 Å². The highest BCUT2D eigenvalue weighted by atomic mass is 35.5. The Morgan fingerprint density at radius 1 is 1.08 bits per heavy atom. The predicted molar refractivity (Wildman–Crippen MR) is 97.7 cm³/mol. The number of nitrogens with two attached hydrogens (primary N) is 1. The van der Waals surface area contributed by atoms with Crippen molar-refractivity contribution in [3.05, 3.63) is 60.2 Å². The lowest BCUT2D eigenvalue weighted by molar-refractivity contribution is -0.120. The average molecular weight is 351 g/mol. The maximum atomic E-state index is 12.4. The molecular weight excluding hydrogens is 328 g/mol. The van der Waals surface area contributed by atoms with E-state index in [0.717, 1.165) is 11.3 Å². The summed E-state index contributed by atoms with van der Waals surface area (Å²) in [6.07, 6.45) is 0. The van der Waals surface area contributed by atoms with Crippen LogP contribution in [0.2, 0.25) is 0 Å². The third-order valence-corrected chi connectivity index (χ3v) is 3.51. The van der Waals surface area contributed by atoms with E-state index in [1.807, 2.05) is 30.3 Å². The Labute approximate surface area is 148 Å². The quantitative estimate of drug-likeness (QED) is 0.753. The van der Waals surface area contributed by atoms with Crippen molar-refractivity contribution in [1.29, 1.82) is 0 Å². The molecular formula is C18H23ClN2O3. The van der Waals surface area contributed by atoms with Gasteiger partial charge in [0.2, 0.25) is 5.91 Å². The van der Waals surface area contributed by atoms with Gasteiger partial charge in [0.1, 0.15) is 17.9 Å². The molecule has 1 atom stereocenters. The number of hydrogen-bond donors (Lipinski definition) is 2. The van der Waals surface area contributed by atoms with Crippen molar-refractivity contribution in [2.45, 2.75) is 12.5 Å². The van der Waals surface area contributed by atoms with Crippen LogP contribution in [0.15, 0.2) is 54.6 Å². The minimum atomic E-state index is -1.10. The van der Waals surface area contributed by atoms with E-state index >= 15 is 0 Å². The number of ether oxygens (including phenoxy) is 2. The van der Waals surface area contributed by atoms with Crippen LogP contribution < -0.4 is 15.8 Å². The van der Waals surface area contributed by atoms with E-state index in [-0.39, 0.29) is 18.3 Å². The second kappa shape index (κ2) is 9.27. The first-order chi connectivity index (χ1) is 11.0. The van der Waals surface area contributed by atoms with Crippen LogP contribution in [0.25, 0.3) is 0 Å². The molecule has 0 aliphatic heterocycles. The molecule has 0 saturated carbocycles. The molecule has 0 aromatic heterocycles. The Balaban J connectivity index is 0.00000288. The van der Waals surface area contributed by atoms with Gasteiger partial charge in [-0.25, -0.2) is 0 Å². The Bertz CT molecular complexity index is 630. The van der Waals surface area contributed by atoms with Gasteiger partial charge in [-0.05, 0) is 36.8 Å². The summed E-state index contributed by atoms with van der Waals surface area (Å²) >= 11 is 0. The van der Waals surface area contributed by atoms with E-state index in [9.17, 15) is 4.79 Å². The lowest BCUT2D eigenvalue weighted by Gasteiger charge is -2.24. The molecule has 0 bridgehead atoms. The standard InChI is InChI=1S/C18H22N2O3.ClH/c1-18(19,14-6-4-3-5-7-14)17(21)20-15-8-10-16(11-9-15)23-13-12-22-2;/h3-11H,12-13,19H2,1-2H3,(H,20,21);1H. The van der Waals surface area contributed by atoms with Crippen LogP contribution >= 0.6 is 12.4 Å². The van der Waals surface area contributed by atoms with Crippen molar-refractivity contribution in [3.8, 4) is 5.75 Å². The fourth-order valence-corrected chi connectivity index (χ4v) is 2.05. The largest absolute Gasteiger partial charge is 0.491 e. The van der Waals surface area contributed by atoms with Crippen LogP contribution in [0.4, 0.5) is 5.69 Å². The maximum absolute atomic E-state index is 12.4. The summed E-state index contributed by atoms with van der Waals surface area (Å²) in [7, 11) is 1.62. The summed E-state index contributed by atoms with van der Waals surface area (Å²) in [4.78, 5) is 12.4. The Kier molecular flexibility index (Phi) is 7.71. The van der Waals surface area contributed by atoms with Crippen LogP contribution in [0.1, 0.15) is 12.5 Å². The fraction of sp³-hybridized carbons (Fsp3) is 0.278. The number of halogens is 1. The summed E-state index contributed by atoms with van der Waals surface area (Å²) in [6, 6.07) is 16.4. The van der Waals surface area contributed by atoms with E-state index in [2.05, 4.69) is 5.32 Å². The molecule has 1 unspecified atom stereocenters. The minimum absolute atomic E-state index is 0. The molecule has 130 valence electrons. The molecule has 0 spiro atoms. The van der Waals surface area contributed by atoms with Crippen LogP contribution in [-0.2, 0) is 15.1 Å². The van der Waals surface area contributed by atoms with Gasteiger partial charge in [0.15, 0.2) is 0 Å². The molecule has 0 saturated heterocycles. The second-order valence-electron chi connectivity index (χ2n) is 5.39. The third kappa shape index (κ3) is 5.23. The highest BCUT2D eigenvalue weighted by molar-refractivity contribution is 5.98. The van der Waals surface area contributed by atoms with Gasteiger partial charge in [0.05, 0.1) is 6.61 Å². The summed E-state index contributed by atoms with van der Waals surface area (Å²) in [5, 5.41) is 2.83. The van der Waals surface area contributed by atoms with E-state index in [1.54, 1.807) is 38.3 Å². The smallest absolute Gasteiger partial charge is 0.248 e. The first-order valence-electron chi connectivity index (χ1n) is 7.41. The number of carbonyl (C=O) groups is 1. The van der Waals surface area contributed by atoms with Crippen LogP contribution in [0.3, 0.4) is 0 Å². The van der Waals surface area contributed by atoms with Crippen LogP contribution in [0.5, 0.6) is 5.75 Å². The van der Waals surface area contributed by atoms with Gasteiger partial charge in [-0.3, -0.25) is 4.79 Å². The number of nitrogens with one attached hydrogen (secondary N) is 1. The highest BCUT2D eigenvalue weighted by Crippen LogP contribution is 2.21. The third-order valence-electron chi connectivity index (χ3n) is 3.51. The minimum Gasteiger partial charge on any atom is -0.491 e. The molecule has 3 N–H and O–H groups in total. The van der Waals surface area contributed by atoms with Crippen molar-refractivity contribution >= 4 is 24.0 Å². The molecule has 2 aromatic rings. The monoisotopic (exact) mass is 350 g/mol. The zero-order valence-electron chi connectivity index (χ0n) is 13.8. The number of benzene rings is 2. The average Bonchev–Trinajstić information content (AvgIpc) is 2.57. The molecule has 24 heavy (non-hydrogen) atoms. The fourth-order valence-electron chi connectivity index (χ4n) is 2.05. The van der Waals surface area contributed by atoms with Crippen molar-refractivity contribution in [1.82, 2.24) is 0 Å². The molecule has 5 nitrogen and oxygen atoms in total. The van der Waals surface area contributed by atoms with Gasteiger partial charge in [0, 0.05) is 12.8 Å². The van der Waals surface area contributed by atoms with Gasteiger partial charge in [0.25, 0.3) is 0 Å². The number of anilines is 1. The molecule has 0 aliphatic rings. The summed E-state index contributed by atoms with van der Waals surface area (Å²) < 4.78 is 10.4. The first-order valence-corrected chi connectivity index (χ1v) is 7.41. The normalized spacial score (nSPS) is 12.6. The number of rotatable bonds is 7. The van der Waals surface area contributed by atoms with Gasteiger partial charge in [-0.2, -0.15) is 0 Å². The Morgan fingerprint density at radius 2 is 1.71 bits per heavy atom. The van der Waals surface area contributed by atoms with Crippen LogP contribution in [-0.4, -0.2) is 26.2 Å². The lowest BCUT2D eigenvalue weighted by atomic mass is 9.92. The number of carbonyl (C=O) groups excluding carboxylic acids is 1. The topological polar surface area (TPSA) is 73.6 Å². The second-order valence-corrected chi connectivity index (χ2v) is 5.39. The SMILES string of the molecule is COCCOc1ccc(NC(=O)C(C)(N)c2ccccc2)cc1.Cl. The van der Waals surface area contributed by atoms with Gasteiger partial charge in [-0.1, -0.05) is 30.3 Å². The van der Waals surface area contributed by atoms with E-state index in [4.69, 9.17) is 15.2 Å². The van der Waals surface area contributed by atoms with Crippen LogP contribution in [0, 0.1) is 0 Å². The molecule has 0 fully saturated rings. The van der Waals surface area contributed by atoms with Crippen molar-refractivity contribution in [2.24, 2.45) is 5.73 Å². The van der Waals surface area contributed by atoms with Crippen molar-refractivity contribution in [3.63, 3.8) is 0 Å². The molecule has 6 heteroatoms. The molecule has 2 rings (SSSR count). The maximum Gasteiger partial charge on any atom is 0.248 e. The Hall–Kier alpha value is -2.08. The van der Waals surface area contributed by atoms with Gasteiger partial charge in [-0.15, -0.1) is 12.4 Å².